The maximum atomic E-state index is 14.0. The Labute approximate surface area is 219 Å². The number of piperazine rings is 1. The smallest absolute Gasteiger partial charge is 0.419 e. The van der Waals surface area contributed by atoms with Crippen LogP contribution in [0.1, 0.15) is 34.3 Å². The average Bonchev–Trinajstić information content (AvgIpc) is 3.41. The average molecular weight is 553 g/mol. The van der Waals surface area contributed by atoms with E-state index in [4.69, 9.17) is 4.74 Å². The number of fused-ring (bicyclic) bond motifs is 1. The number of nitrogens with zero attached hydrogens (tertiary/aromatic N) is 5. The van der Waals surface area contributed by atoms with E-state index < -0.39 is 41.6 Å². The van der Waals surface area contributed by atoms with Crippen molar-refractivity contribution in [2.75, 3.05) is 39.3 Å². The number of rotatable bonds is 4. The first-order chi connectivity index (χ1) is 18.6. The molecule has 208 valence electrons. The summed E-state index contributed by atoms with van der Waals surface area (Å²) in [7, 11) is 0. The third kappa shape index (κ3) is 5.65. The molecule has 0 aliphatic carbocycles. The lowest BCUT2D eigenvalue weighted by molar-refractivity contribution is -0.140. The maximum Gasteiger partial charge on any atom is 0.419 e. The summed E-state index contributed by atoms with van der Waals surface area (Å²) in [6.45, 7) is 2.34. The molecule has 14 heteroatoms. The minimum atomic E-state index is -5.03. The number of aromatic amines is 1. The summed E-state index contributed by atoms with van der Waals surface area (Å²) < 4.78 is 71.0. The zero-order valence-corrected chi connectivity index (χ0v) is 20.7. The van der Waals surface area contributed by atoms with Crippen LogP contribution < -0.4 is 0 Å². The predicted octanol–water partition coefficient (Wildman–Crippen LogP) is 3.81. The van der Waals surface area contributed by atoms with Crippen molar-refractivity contribution in [1.82, 2.24) is 30.1 Å². The number of amides is 2. The molecule has 0 saturated carbocycles. The topological polar surface area (TPSA) is 94.7 Å². The van der Waals surface area contributed by atoms with Crippen LogP contribution in [0.2, 0.25) is 0 Å². The van der Waals surface area contributed by atoms with Gasteiger partial charge in [-0.25, -0.2) is 13.6 Å². The largest absolute Gasteiger partial charge is 0.444 e. The fraction of sp³-hybridized carbons (Fsp3) is 0.440. The third-order valence-electron chi connectivity index (χ3n) is 7.22. The van der Waals surface area contributed by atoms with Gasteiger partial charge in [-0.1, -0.05) is 6.07 Å². The molecular weight excluding hydrogens is 527 g/mol. The van der Waals surface area contributed by atoms with E-state index in [0.29, 0.717) is 61.9 Å². The van der Waals surface area contributed by atoms with Crippen LogP contribution in [0.5, 0.6) is 0 Å². The number of benzene rings is 2. The van der Waals surface area contributed by atoms with Gasteiger partial charge in [-0.2, -0.15) is 28.6 Å². The van der Waals surface area contributed by atoms with Crippen molar-refractivity contribution in [3.8, 4) is 0 Å². The van der Waals surface area contributed by atoms with Crippen molar-refractivity contribution in [1.29, 1.82) is 0 Å². The number of aromatic nitrogens is 3. The summed E-state index contributed by atoms with van der Waals surface area (Å²) in [5.74, 6) is -3.77. The van der Waals surface area contributed by atoms with Crippen LogP contribution in [-0.4, -0.2) is 87.4 Å². The number of carbonyl (C=O) groups excluding carboxylic acids is 2. The van der Waals surface area contributed by atoms with Gasteiger partial charge in [0, 0.05) is 56.4 Å². The first kappa shape index (κ1) is 26.8. The molecule has 3 heterocycles. The number of likely N-dealkylation sites (tertiary alicyclic amines) is 1. The zero-order valence-electron chi connectivity index (χ0n) is 20.7. The van der Waals surface area contributed by atoms with E-state index in [1.165, 1.54) is 4.90 Å². The predicted molar refractivity (Wildman–Crippen MR) is 128 cm³/mol. The van der Waals surface area contributed by atoms with Crippen molar-refractivity contribution < 1.29 is 36.3 Å². The molecule has 2 aliphatic heterocycles. The number of halogens is 5. The number of piperidine rings is 1. The second-order valence-electron chi connectivity index (χ2n) is 9.53. The van der Waals surface area contributed by atoms with Crippen LogP contribution in [0.3, 0.4) is 0 Å². The van der Waals surface area contributed by atoms with E-state index in [1.54, 1.807) is 18.2 Å². The number of alkyl halides is 3. The van der Waals surface area contributed by atoms with Gasteiger partial charge < -0.3 is 14.5 Å². The van der Waals surface area contributed by atoms with Gasteiger partial charge in [0.1, 0.15) is 17.6 Å². The Morgan fingerprint density at radius 1 is 0.897 bits per heavy atom. The zero-order chi connectivity index (χ0) is 27.7. The van der Waals surface area contributed by atoms with E-state index >= 15 is 0 Å². The number of hydrogen-bond donors (Lipinski definition) is 1. The SMILES string of the molecule is O=C(OCc1ccc(C(F)(F)F)c(F)c1F)N1CCN(C2CCN(C(=O)c3ccc4n[nH]nc4c3)CC2)CC1. The number of nitrogens with one attached hydrogen (secondary N) is 1. The van der Waals surface area contributed by atoms with Gasteiger partial charge in [-0.15, -0.1) is 0 Å². The Balaban J connectivity index is 1.08. The van der Waals surface area contributed by atoms with E-state index in [9.17, 15) is 31.5 Å². The lowest BCUT2D eigenvalue weighted by atomic mass is 10.0. The number of carbonyl (C=O) groups is 2. The molecule has 0 bridgehead atoms. The van der Waals surface area contributed by atoms with Gasteiger partial charge in [0.15, 0.2) is 11.6 Å². The van der Waals surface area contributed by atoms with Crippen LogP contribution in [0, 0.1) is 11.6 Å². The Bertz CT molecular complexity index is 1360. The van der Waals surface area contributed by atoms with Crippen molar-refractivity contribution in [3.05, 3.63) is 58.7 Å². The lowest BCUT2D eigenvalue weighted by Gasteiger charge is -2.42. The van der Waals surface area contributed by atoms with Crippen molar-refractivity contribution in [2.45, 2.75) is 31.7 Å². The molecular formula is C25H25F5N6O3. The second kappa shape index (κ2) is 10.8. The normalized spacial score (nSPS) is 17.6. The molecule has 2 fully saturated rings. The minimum Gasteiger partial charge on any atom is -0.444 e. The molecule has 0 unspecified atom stereocenters. The maximum absolute atomic E-state index is 14.0. The highest BCUT2D eigenvalue weighted by molar-refractivity contribution is 5.97. The van der Waals surface area contributed by atoms with Gasteiger partial charge >= 0.3 is 12.3 Å². The third-order valence-corrected chi connectivity index (χ3v) is 7.22. The highest BCUT2D eigenvalue weighted by Crippen LogP contribution is 2.33. The van der Waals surface area contributed by atoms with Gasteiger partial charge in [0.05, 0.1) is 5.56 Å². The molecule has 2 aromatic carbocycles. The summed E-state index contributed by atoms with van der Waals surface area (Å²) in [4.78, 5) is 30.8. The summed E-state index contributed by atoms with van der Waals surface area (Å²) in [5, 5.41) is 10.5. The fourth-order valence-electron chi connectivity index (χ4n) is 5.01. The Morgan fingerprint density at radius 3 is 2.28 bits per heavy atom. The summed E-state index contributed by atoms with van der Waals surface area (Å²) >= 11 is 0. The summed E-state index contributed by atoms with van der Waals surface area (Å²) in [6.07, 6.45) is -4.22. The lowest BCUT2D eigenvalue weighted by Crippen LogP contribution is -2.54. The highest BCUT2D eigenvalue weighted by Gasteiger charge is 2.36. The van der Waals surface area contributed by atoms with Crippen molar-refractivity contribution in [2.24, 2.45) is 0 Å². The van der Waals surface area contributed by atoms with Crippen molar-refractivity contribution in [3.63, 3.8) is 0 Å². The minimum absolute atomic E-state index is 0.0599. The highest BCUT2D eigenvalue weighted by atomic mass is 19.4. The van der Waals surface area contributed by atoms with Gasteiger partial charge in [0.2, 0.25) is 0 Å². The Morgan fingerprint density at radius 2 is 1.59 bits per heavy atom. The molecule has 2 aliphatic rings. The van der Waals surface area contributed by atoms with Gasteiger partial charge in [-0.3, -0.25) is 9.69 Å². The number of ether oxygens (including phenoxy) is 1. The standard InChI is InChI=1S/C25H25F5N6O3/c26-21-16(1-3-18(22(21)27)25(28,29)30)14-39-24(38)36-11-9-34(10-12-36)17-5-7-35(8-6-17)23(37)15-2-4-19-20(13-15)32-33-31-19/h1-4,13,17H,5-12,14H2,(H,31,32,33). The first-order valence-corrected chi connectivity index (χ1v) is 12.4. The van der Waals surface area contributed by atoms with Gasteiger partial charge in [0.25, 0.3) is 5.91 Å². The molecule has 3 aromatic rings. The second-order valence-corrected chi connectivity index (χ2v) is 9.53. The van der Waals surface area contributed by atoms with Crippen LogP contribution >= 0.6 is 0 Å². The van der Waals surface area contributed by atoms with Crippen LogP contribution in [0.25, 0.3) is 11.0 Å². The van der Waals surface area contributed by atoms with E-state index in [-0.39, 0.29) is 11.9 Å². The van der Waals surface area contributed by atoms with Crippen LogP contribution in [0.4, 0.5) is 26.7 Å². The van der Waals surface area contributed by atoms with Crippen molar-refractivity contribution >= 4 is 23.0 Å². The van der Waals surface area contributed by atoms with Crippen LogP contribution in [0.15, 0.2) is 30.3 Å². The molecule has 9 nitrogen and oxygen atoms in total. The van der Waals surface area contributed by atoms with E-state index in [0.717, 1.165) is 18.9 Å². The molecule has 0 atom stereocenters. The monoisotopic (exact) mass is 552 g/mol. The first-order valence-electron chi connectivity index (χ1n) is 12.4. The van der Waals surface area contributed by atoms with E-state index in [2.05, 4.69) is 20.3 Å². The molecule has 5 rings (SSSR count). The Kier molecular flexibility index (Phi) is 7.38. The molecule has 2 saturated heterocycles. The molecule has 0 radical (unpaired) electrons. The van der Waals surface area contributed by atoms with Crippen LogP contribution in [-0.2, 0) is 17.5 Å². The molecule has 1 aromatic heterocycles. The fourth-order valence-corrected chi connectivity index (χ4v) is 5.01. The molecule has 1 N–H and O–H groups in total. The molecule has 39 heavy (non-hydrogen) atoms. The summed E-state index contributed by atoms with van der Waals surface area (Å²) in [5.41, 5.74) is -0.317. The Hall–Kier alpha value is -3.81. The molecule has 0 spiro atoms. The molecule has 2 amide bonds. The van der Waals surface area contributed by atoms with Gasteiger partial charge in [-0.05, 0) is 37.1 Å². The quantitative estimate of drug-likeness (QED) is 0.495. The summed E-state index contributed by atoms with van der Waals surface area (Å²) in [6, 6.07) is 6.63. The van der Waals surface area contributed by atoms with E-state index in [1.807, 2.05) is 4.90 Å². The number of H-pyrrole nitrogens is 1. The number of hydrogen-bond acceptors (Lipinski definition) is 6.